The van der Waals surface area contributed by atoms with Crippen molar-refractivity contribution in [3.05, 3.63) is 0 Å². The van der Waals surface area contributed by atoms with Crippen LogP contribution in [0.2, 0.25) is 0 Å². The molecule has 28 heavy (non-hydrogen) atoms. The van der Waals surface area contributed by atoms with Crippen molar-refractivity contribution >= 4 is 23.7 Å². The summed E-state index contributed by atoms with van der Waals surface area (Å²) in [6, 6.07) is -4.25. The molecule has 0 bridgehead atoms. The number of unbranched alkanes of at least 4 members (excludes halogenated alkanes) is 1. The molecule has 0 heterocycles. The van der Waals surface area contributed by atoms with Gasteiger partial charge in [0.1, 0.15) is 24.2 Å². The molecule has 0 aliphatic carbocycles. The summed E-state index contributed by atoms with van der Waals surface area (Å²) in [7, 11) is 0. The maximum Gasteiger partial charge on any atom is 0.326 e. The average molecular weight is 403 g/mol. The molecule has 162 valence electrons. The zero-order valence-corrected chi connectivity index (χ0v) is 16.6. The quantitative estimate of drug-likeness (QED) is 0.166. The lowest BCUT2D eigenvalue weighted by atomic mass is 10.0. The molecule has 0 fully saturated rings. The normalized spacial score (nSPS) is 15.2. The van der Waals surface area contributed by atoms with Gasteiger partial charge in [-0.25, -0.2) is 4.79 Å². The van der Waals surface area contributed by atoms with Gasteiger partial charge >= 0.3 is 5.97 Å². The van der Waals surface area contributed by atoms with E-state index in [1.54, 1.807) is 13.8 Å². The van der Waals surface area contributed by atoms with Crippen molar-refractivity contribution in [1.29, 1.82) is 0 Å². The zero-order chi connectivity index (χ0) is 21.9. The Morgan fingerprint density at radius 1 is 0.929 bits per heavy atom. The fourth-order valence-corrected chi connectivity index (χ4v) is 2.29. The fourth-order valence-electron chi connectivity index (χ4n) is 2.29. The van der Waals surface area contributed by atoms with Gasteiger partial charge in [-0.2, -0.15) is 0 Å². The third-order valence-electron chi connectivity index (χ3n) is 4.10. The van der Waals surface area contributed by atoms with E-state index in [-0.39, 0.29) is 12.3 Å². The minimum Gasteiger partial charge on any atom is -0.480 e. The Morgan fingerprint density at radius 3 is 2.00 bits per heavy atom. The molecule has 0 radical (unpaired) electrons. The second kappa shape index (κ2) is 13.0. The summed E-state index contributed by atoms with van der Waals surface area (Å²) in [5.74, 6) is -3.49. The Balaban J connectivity index is 5.07. The van der Waals surface area contributed by atoms with Crippen LogP contribution >= 0.6 is 0 Å². The summed E-state index contributed by atoms with van der Waals surface area (Å²) in [5.41, 5.74) is 10.8. The number of carbonyl (C=O) groups is 4. The van der Waals surface area contributed by atoms with Crippen molar-refractivity contribution < 1.29 is 29.4 Å². The molecule has 4 atom stereocenters. The summed E-state index contributed by atoms with van der Waals surface area (Å²) >= 11 is 0. The van der Waals surface area contributed by atoms with Gasteiger partial charge in [0, 0.05) is 0 Å². The summed E-state index contributed by atoms with van der Waals surface area (Å²) in [4.78, 5) is 47.9. The molecular weight excluding hydrogens is 370 g/mol. The molecule has 3 amide bonds. The first-order valence-electron chi connectivity index (χ1n) is 9.25. The van der Waals surface area contributed by atoms with Crippen molar-refractivity contribution in [1.82, 2.24) is 16.0 Å². The van der Waals surface area contributed by atoms with E-state index >= 15 is 0 Å². The standard InChI is InChI=1S/C17H33N5O6/c1-9(2)13(17(27)28)22-16(26)12(6-4-5-7-18)21-14(24)10(3)20-15(25)11(19)8-23/h9-13,23H,4-8,18-19H2,1-3H3,(H,20,25)(H,21,24)(H,22,26)(H,27,28). The van der Waals surface area contributed by atoms with Gasteiger partial charge in [-0.05, 0) is 38.6 Å². The number of nitrogens with one attached hydrogen (secondary N) is 3. The number of carboxylic acid groups (broad SMARTS) is 1. The van der Waals surface area contributed by atoms with E-state index in [2.05, 4.69) is 16.0 Å². The third-order valence-corrected chi connectivity index (χ3v) is 4.10. The first-order chi connectivity index (χ1) is 13.0. The van der Waals surface area contributed by atoms with Gasteiger partial charge in [-0.1, -0.05) is 13.8 Å². The monoisotopic (exact) mass is 403 g/mol. The first-order valence-corrected chi connectivity index (χ1v) is 9.25. The second-order valence-electron chi connectivity index (χ2n) is 6.93. The van der Waals surface area contributed by atoms with E-state index in [0.29, 0.717) is 19.4 Å². The third kappa shape index (κ3) is 9.11. The Morgan fingerprint density at radius 2 is 1.54 bits per heavy atom. The summed E-state index contributed by atoms with van der Waals surface area (Å²) in [5, 5.41) is 25.4. The molecule has 0 aromatic heterocycles. The molecule has 11 heteroatoms. The Bertz CT molecular complexity index is 542. The molecule has 0 aliphatic heterocycles. The van der Waals surface area contributed by atoms with Crippen molar-refractivity contribution in [2.45, 2.75) is 64.2 Å². The lowest BCUT2D eigenvalue weighted by molar-refractivity contribution is -0.143. The largest absolute Gasteiger partial charge is 0.480 e. The highest BCUT2D eigenvalue weighted by atomic mass is 16.4. The Kier molecular flexibility index (Phi) is 12.0. The minimum absolute atomic E-state index is 0.260. The molecule has 0 rings (SSSR count). The molecule has 11 nitrogen and oxygen atoms in total. The number of amides is 3. The fraction of sp³-hybridized carbons (Fsp3) is 0.765. The van der Waals surface area contributed by atoms with E-state index < -0.39 is 54.5 Å². The molecule has 0 saturated carbocycles. The van der Waals surface area contributed by atoms with Gasteiger partial charge in [0.15, 0.2) is 0 Å². The zero-order valence-electron chi connectivity index (χ0n) is 16.6. The maximum absolute atomic E-state index is 12.5. The van der Waals surface area contributed by atoms with Crippen LogP contribution in [-0.4, -0.2) is 71.2 Å². The highest BCUT2D eigenvalue weighted by molar-refractivity contribution is 5.93. The lowest BCUT2D eigenvalue weighted by Gasteiger charge is -2.25. The Labute approximate surface area is 164 Å². The number of hydrogen-bond acceptors (Lipinski definition) is 7. The SMILES string of the molecule is CC(NC(=O)C(N)CO)C(=O)NC(CCCCN)C(=O)NC(C(=O)O)C(C)C. The van der Waals surface area contributed by atoms with Crippen molar-refractivity contribution in [2.24, 2.45) is 17.4 Å². The van der Waals surface area contributed by atoms with Crippen LogP contribution in [0.1, 0.15) is 40.0 Å². The van der Waals surface area contributed by atoms with Gasteiger partial charge in [-0.15, -0.1) is 0 Å². The molecule has 0 saturated heterocycles. The lowest BCUT2D eigenvalue weighted by Crippen LogP contribution is -2.57. The topological polar surface area (TPSA) is 197 Å². The van der Waals surface area contributed by atoms with Crippen LogP contribution in [0.4, 0.5) is 0 Å². The summed E-state index contributed by atoms with van der Waals surface area (Å²) < 4.78 is 0. The van der Waals surface area contributed by atoms with E-state index in [0.717, 1.165) is 0 Å². The van der Waals surface area contributed by atoms with Crippen LogP contribution in [-0.2, 0) is 19.2 Å². The van der Waals surface area contributed by atoms with Gasteiger partial charge < -0.3 is 37.6 Å². The second-order valence-corrected chi connectivity index (χ2v) is 6.93. The van der Waals surface area contributed by atoms with Crippen molar-refractivity contribution in [3.63, 3.8) is 0 Å². The maximum atomic E-state index is 12.5. The van der Waals surface area contributed by atoms with Crippen molar-refractivity contribution in [3.8, 4) is 0 Å². The number of nitrogens with two attached hydrogens (primary N) is 2. The molecule has 9 N–H and O–H groups in total. The number of aliphatic carboxylic acids is 1. The molecule has 0 spiro atoms. The molecule has 0 aromatic carbocycles. The van der Waals surface area contributed by atoms with Crippen LogP contribution < -0.4 is 27.4 Å². The highest BCUT2D eigenvalue weighted by Gasteiger charge is 2.29. The summed E-state index contributed by atoms with van der Waals surface area (Å²) in [6.45, 7) is 4.56. The average Bonchev–Trinajstić information content (AvgIpc) is 2.63. The first kappa shape index (κ1) is 25.8. The van der Waals surface area contributed by atoms with Crippen LogP contribution in [0.15, 0.2) is 0 Å². The molecular formula is C17H33N5O6. The van der Waals surface area contributed by atoms with Gasteiger partial charge in [0.2, 0.25) is 17.7 Å². The molecule has 0 aliphatic rings. The van der Waals surface area contributed by atoms with Crippen LogP contribution in [0.5, 0.6) is 0 Å². The number of aliphatic hydroxyl groups is 1. The van der Waals surface area contributed by atoms with Gasteiger partial charge in [0.25, 0.3) is 0 Å². The smallest absolute Gasteiger partial charge is 0.326 e. The van der Waals surface area contributed by atoms with E-state index in [9.17, 15) is 24.3 Å². The van der Waals surface area contributed by atoms with E-state index in [1.807, 2.05) is 0 Å². The minimum atomic E-state index is -1.17. The summed E-state index contributed by atoms with van der Waals surface area (Å²) in [6.07, 6.45) is 1.43. The van der Waals surface area contributed by atoms with Crippen LogP contribution in [0.3, 0.4) is 0 Å². The number of aliphatic hydroxyl groups excluding tert-OH is 1. The van der Waals surface area contributed by atoms with E-state index in [4.69, 9.17) is 16.6 Å². The number of hydrogen-bond donors (Lipinski definition) is 7. The van der Waals surface area contributed by atoms with Crippen LogP contribution in [0.25, 0.3) is 0 Å². The molecule has 4 unspecified atom stereocenters. The number of carboxylic acids is 1. The Hall–Kier alpha value is -2.24. The predicted octanol–water partition coefficient (Wildman–Crippen LogP) is -2.35. The van der Waals surface area contributed by atoms with Gasteiger partial charge in [0.05, 0.1) is 6.61 Å². The highest BCUT2D eigenvalue weighted by Crippen LogP contribution is 2.06. The number of rotatable bonds is 13. The van der Waals surface area contributed by atoms with Gasteiger partial charge in [-0.3, -0.25) is 14.4 Å². The van der Waals surface area contributed by atoms with Crippen molar-refractivity contribution in [2.75, 3.05) is 13.2 Å². The number of carbonyl (C=O) groups excluding carboxylic acids is 3. The van der Waals surface area contributed by atoms with E-state index in [1.165, 1.54) is 6.92 Å². The molecule has 0 aromatic rings. The predicted molar refractivity (Wildman–Crippen MR) is 102 cm³/mol. The van der Waals surface area contributed by atoms with Crippen LogP contribution in [0, 0.1) is 5.92 Å².